The van der Waals surface area contributed by atoms with Gasteiger partial charge in [0.05, 0.1) is 0 Å². The molecule has 0 radical (unpaired) electrons. The first-order valence-corrected chi connectivity index (χ1v) is 7.46. The number of hydrazine groups is 1. The fourth-order valence-electron chi connectivity index (χ4n) is 2.49. The summed E-state index contributed by atoms with van der Waals surface area (Å²) >= 11 is 0. The molecule has 1 aliphatic heterocycles. The van der Waals surface area contributed by atoms with Crippen molar-refractivity contribution in [2.45, 2.75) is 26.7 Å². The van der Waals surface area contributed by atoms with E-state index in [-0.39, 0.29) is 5.91 Å². The molecule has 1 amide bonds. The summed E-state index contributed by atoms with van der Waals surface area (Å²) in [7, 11) is 0. The van der Waals surface area contributed by atoms with Gasteiger partial charge in [-0.15, -0.1) is 0 Å². The lowest BCUT2D eigenvalue weighted by Crippen LogP contribution is -2.39. The highest BCUT2D eigenvalue weighted by atomic mass is 16.5. The van der Waals surface area contributed by atoms with Crippen LogP contribution in [0.2, 0.25) is 0 Å². The Labute approximate surface area is 126 Å². The quantitative estimate of drug-likeness (QED) is 0.493. The lowest BCUT2D eigenvalue weighted by Gasteiger charge is -2.36. The number of hydrogen-bond acceptors (Lipinski definition) is 4. The Kier molecular flexibility index (Phi) is 5.20. The van der Waals surface area contributed by atoms with Crippen molar-refractivity contribution in [2.24, 2.45) is 11.3 Å². The summed E-state index contributed by atoms with van der Waals surface area (Å²) < 4.78 is 5.73. The van der Waals surface area contributed by atoms with E-state index in [1.165, 1.54) is 12.8 Å². The SMILES string of the molecule is CC1(C)CCN(CCOc2cccc(C(=O)NN)c2)CC1. The molecule has 3 N–H and O–H groups in total. The summed E-state index contributed by atoms with van der Waals surface area (Å²) in [5.74, 6) is 5.52. The molecular formula is C16H25N3O2. The van der Waals surface area contributed by atoms with E-state index in [4.69, 9.17) is 10.6 Å². The number of carbonyl (C=O) groups excluding carboxylic acids is 1. The third-order valence-electron chi connectivity index (χ3n) is 4.11. The largest absolute Gasteiger partial charge is 0.492 e. The van der Waals surface area contributed by atoms with Crippen LogP contribution in [-0.2, 0) is 0 Å². The molecule has 0 unspecified atom stereocenters. The standard InChI is InChI=1S/C16H25N3O2/c1-16(2)6-8-19(9-7-16)10-11-21-14-5-3-4-13(12-14)15(20)18-17/h3-5,12H,6-11,17H2,1-2H3,(H,18,20). The molecule has 21 heavy (non-hydrogen) atoms. The molecular weight excluding hydrogens is 266 g/mol. The third-order valence-corrected chi connectivity index (χ3v) is 4.11. The summed E-state index contributed by atoms with van der Waals surface area (Å²) in [5.41, 5.74) is 3.10. The Morgan fingerprint density at radius 2 is 2.10 bits per heavy atom. The fraction of sp³-hybridized carbons (Fsp3) is 0.562. The second-order valence-electron chi connectivity index (χ2n) is 6.36. The Balaban J connectivity index is 1.77. The van der Waals surface area contributed by atoms with Crippen molar-refractivity contribution in [3.05, 3.63) is 29.8 Å². The van der Waals surface area contributed by atoms with Crippen molar-refractivity contribution in [1.82, 2.24) is 10.3 Å². The van der Waals surface area contributed by atoms with Crippen molar-refractivity contribution in [2.75, 3.05) is 26.2 Å². The zero-order valence-corrected chi connectivity index (χ0v) is 12.9. The van der Waals surface area contributed by atoms with Gasteiger partial charge in [0.25, 0.3) is 5.91 Å². The van der Waals surface area contributed by atoms with Gasteiger partial charge in [-0.2, -0.15) is 0 Å². The average Bonchev–Trinajstić information content (AvgIpc) is 2.48. The number of hydrogen-bond donors (Lipinski definition) is 2. The van der Waals surface area contributed by atoms with Crippen LogP contribution >= 0.6 is 0 Å². The molecule has 0 bridgehead atoms. The molecule has 1 aromatic carbocycles. The minimum absolute atomic E-state index is 0.307. The van der Waals surface area contributed by atoms with Crippen molar-refractivity contribution in [3.8, 4) is 5.75 Å². The zero-order valence-electron chi connectivity index (χ0n) is 12.9. The normalized spacial score (nSPS) is 18.2. The second-order valence-corrected chi connectivity index (χ2v) is 6.36. The van der Waals surface area contributed by atoms with Crippen LogP contribution in [0.5, 0.6) is 5.75 Å². The topological polar surface area (TPSA) is 67.6 Å². The number of rotatable bonds is 5. The molecule has 1 aliphatic rings. The van der Waals surface area contributed by atoms with E-state index in [0.717, 1.165) is 19.6 Å². The summed E-state index contributed by atoms with van der Waals surface area (Å²) in [6.07, 6.45) is 2.47. The van der Waals surface area contributed by atoms with Crippen LogP contribution in [-0.4, -0.2) is 37.0 Å². The molecule has 5 nitrogen and oxygen atoms in total. The van der Waals surface area contributed by atoms with Gasteiger partial charge in [-0.3, -0.25) is 15.1 Å². The minimum Gasteiger partial charge on any atom is -0.492 e. The average molecular weight is 291 g/mol. The number of amides is 1. The maximum absolute atomic E-state index is 11.4. The lowest BCUT2D eigenvalue weighted by molar-refractivity contribution is 0.0953. The van der Waals surface area contributed by atoms with E-state index < -0.39 is 0 Å². The van der Waals surface area contributed by atoms with E-state index in [2.05, 4.69) is 24.2 Å². The molecule has 0 spiro atoms. The predicted octanol–water partition coefficient (Wildman–Crippen LogP) is 1.79. The van der Waals surface area contributed by atoms with Gasteiger partial charge in [-0.05, 0) is 49.5 Å². The molecule has 0 saturated carbocycles. The number of carbonyl (C=O) groups is 1. The number of ether oxygens (including phenoxy) is 1. The van der Waals surface area contributed by atoms with E-state index >= 15 is 0 Å². The first-order valence-electron chi connectivity index (χ1n) is 7.46. The number of piperidine rings is 1. The van der Waals surface area contributed by atoms with E-state index in [0.29, 0.717) is 23.3 Å². The number of benzene rings is 1. The number of nitrogens with zero attached hydrogens (tertiary/aromatic N) is 1. The smallest absolute Gasteiger partial charge is 0.265 e. The molecule has 0 aromatic heterocycles. The summed E-state index contributed by atoms with van der Waals surface area (Å²) in [6, 6.07) is 7.07. The summed E-state index contributed by atoms with van der Waals surface area (Å²) in [5, 5.41) is 0. The van der Waals surface area contributed by atoms with Crippen LogP contribution in [0.4, 0.5) is 0 Å². The Hall–Kier alpha value is -1.59. The number of nitrogens with two attached hydrogens (primary N) is 1. The number of nitrogen functional groups attached to an aromatic ring is 1. The lowest BCUT2D eigenvalue weighted by atomic mass is 9.83. The predicted molar refractivity (Wildman–Crippen MR) is 83.0 cm³/mol. The first-order chi connectivity index (χ1) is 10.00. The first kappa shape index (κ1) is 15.8. The van der Waals surface area contributed by atoms with Crippen LogP contribution in [0.15, 0.2) is 24.3 Å². The van der Waals surface area contributed by atoms with E-state index in [1.54, 1.807) is 18.2 Å². The van der Waals surface area contributed by atoms with E-state index in [9.17, 15) is 4.79 Å². The van der Waals surface area contributed by atoms with Crippen molar-refractivity contribution < 1.29 is 9.53 Å². The molecule has 5 heteroatoms. The molecule has 1 heterocycles. The van der Waals surface area contributed by atoms with Gasteiger partial charge in [0.2, 0.25) is 0 Å². The number of nitrogens with one attached hydrogen (secondary N) is 1. The molecule has 116 valence electrons. The van der Waals surface area contributed by atoms with Gasteiger partial charge in [0.15, 0.2) is 0 Å². The zero-order chi connectivity index (χ0) is 15.3. The van der Waals surface area contributed by atoms with Crippen LogP contribution in [0.1, 0.15) is 37.0 Å². The fourth-order valence-corrected chi connectivity index (χ4v) is 2.49. The van der Waals surface area contributed by atoms with Crippen LogP contribution in [0.3, 0.4) is 0 Å². The maximum atomic E-state index is 11.4. The van der Waals surface area contributed by atoms with Crippen LogP contribution in [0.25, 0.3) is 0 Å². The molecule has 1 aromatic rings. The van der Waals surface area contributed by atoms with Gasteiger partial charge >= 0.3 is 0 Å². The Bertz CT molecular complexity index is 478. The summed E-state index contributed by atoms with van der Waals surface area (Å²) in [6.45, 7) is 8.47. The molecule has 2 rings (SSSR count). The maximum Gasteiger partial charge on any atom is 0.265 e. The second kappa shape index (κ2) is 6.91. The van der Waals surface area contributed by atoms with Gasteiger partial charge in [-0.1, -0.05) is 19.9 Å². The van der Waals surface area contributed by atoms with Gasteiger partial charge < -0.3 is 4.74 Å². The monoisotopic (exact) mass is 291 g/mol. The van der Waals surface area contributed by atoms with E-state index in [1.807, 2.05) is 6.07 Å². The molecule has 0 atom stereocenters. The van der Waals surface area contributed by atoms with Gasteiger partial charge in [0, 0.05) is 12.1 Å². The molecule has 1 fully saturated rings. The minimum atomic E-state index is -0.307. The van der Waals surface area contributed by atoms with Gasteiger partial charge in [-0.25, -0.2) is 5.84 Å². The Morgan fingerprint density at radius 3 is 2.76 bits per heavy atom. The third kappa shape index (κ3) is 4.72. The highest BCUT2D eigenvalue weighted by Crippen LogP contribution is 2.29. The van der Waals surface area contributed by atoms with Crippen LogP contribution in [0, 0.1) is 5.41 Å². The highest BCUT2D eigenvalue weighted by molar-refractivity contribution is 5.94. The van der Waals surface area contributed by atoms with Gasteiger partial charge in [0.1, 0.15) is 12.4 Å². The van der Waals surface area contributed by atoms with Crippen molar-refractivity contribution >= 4 is 5.91 Å². The van der Waals surface area contributed by atoms with Crippen molar-refractivity contribution in [1.29, 1.82) is 0 Å². The molecule has 0 aliphatic carbocycles. The highest BCUT2D eigenvalue weighted by Gasteiger charge is 2.24. The Morgan fingerprint density at radius 1 is 1.38 bits per heavy atom. The molecule has 1 saturated heterocycles. The number of likely N-dealkylation sites (tertiary alicyclic amines) is 1. The van der Waals surface area contributed by atoms with Crippen molar-refractivity contribution in [3.63, 3.8) is 0 Å². The summed E-state index contributed by atoms with van der Waals surface area (Å²) in [4.78, 5) is 13.9. The van der Waals surface area contributed by atoms with Crippen LogP contribution < -0.4 is 16.0 Å².